The third kappa shape index (κ3) is 1.99. The maximum atomic E-state index is 10.9. The number of ether oxygens (including phenoxy) is 1. The van der Waals surface area contributed by atoms with E-state index in [-0.39, 0.29) is 5.92 Å². The summed E-state index contributed by atoms with van der Waals surface area (Å²) in [7, 11) is 0. The van der Waals surface area contributed by atoms with Gasteiger partial charge in [0, 0.05) is 5.56 Å². The number of hydrogen-bond acceptors (Lipinski definition) is 2. The van der Waals surface area contributed by atoms with Gasteiger partial charge in [0.1, 0.15) is 5.75 Å². The molecule has 2 unspecified atom stereocenters. The van der Waals surface area contributed by atoms with Gasteiger partial charge in [-0.1, -0.05) is 60.7 Å². The lowest BCUT2D eigenvalue weighted by molar-refractivity contribution is 0.131. The van der Waals surface area contributed by atoms with Gasteiger partial charge in [-0.2, -0.15) is 0 Å². The average molecular weight is 276 g/mol. The van der Waals surface area contributed by atoms with Crippen molar-refractivity contribution < 1.29 is 9.84 Å². The Kier molecular flexibility index (Phi) is 2.90. The molecule has 0 fully saturated rings. The molecule has 0 bridgehead atoms. The first-order valence-electron chi connectivity index (χ1n) is 7.22. The maximum absolute atomic E-state index is 10.9. The van der Waals surface area contributed by atoms with E-state index in [0.29, 0.717) is 6.61 Å². The lowest BCUT2D eigenvalue weighted by Crippen LogP contribution is -2.12. The summed E-state index contributed by atoms with van der Waals surface area (Å²) in [5.41, 5.74) is 2.07. The van der Waals surface area contributed by atoms with Crippen molar-refractivity contribution in [3.63, 3.8) is 0 Å². The molecule has 0 aliphatic carbocycles. The predicted molar refractivity (Wildman–Crippen MR) is 83.6 cm³/mol. The third-order valence-corrected chi connectivity index (χ3v) is 4.26. The number of aliphatic hydroxyl groups is 1. The predicted octanol–water partition coefficient (Wildman–Crippen LogP) is 4.05. The SMILES string of the molecule is OC(c1cccc2ccccc12)C1COc2ccccc21. The van der Waals surface area contributed by atoms with Gasteiger partial charge in [0.25, 0.3) is 0 Å². The molecular formula is C19H16O2. The van der Waals surface area contributed by atoms with Gasteiger partial charge in [0.05, 0.1) is 18.6 Å². The minimum Gasteiger partial charge on any atom is -0.493 e. The van der Waals surface area contributed by atoms with Gasteiger partial charge in [-0.3, -0.25) is 0 Å². The summed E-state index contributed by atoms with van der Waals surface area (Å²) >= 11 is 0. The molecule has 3 aromatic carbocycles. The highest BCUT2D eigenvalue weighted by Gasteiger charge is 2.31. The summed E-state index contributed by atoms with van der Waals surface area (Å²) in [6, 6.07) is 22.2. The second-order valence-electron chi connectivity index (χ2n) is 5.47. The first kappa shape index (κ1) is 12.4. The Morgan fingerprint density at radius 1 is 0.905 bits per heavy atom. The quantitative estimate of drug-likeness (QED) is 0.765. The number of para-hydroxylation sites is 1. The summed E-state index contributed by atoms with van der Waals surface area (Å²) in [6.07, 6.45) is -0.556. The van der Waals surface area contributed by atoms with Crippen molar-refractivity contribution in [3.05, 3.63) is 77.9 Å². The Morgan fingerprint density at radius 2 is 1.67 bits per heavy atom. The van der Waals surface area contributed by atoms with Gasteiger partial charge in [0.15, 0.2) is 0 Å². The molecule has 1 aliphatic heterocycles. The smallest absolute Gasteiger partial charge is 0.123 e. The normalized spacial score (nSPS) is 18.2. The van der Waals surface area contributed by atoms with Gasteiger partial charge in [-0.05, 0) is 22.4 Å². The summed E-state index contributed by atoms with van der Waals surface area (Å²) in [5, 5.41) is 13.1. The van der Waals surface area contributed by atoms with Crippen LogP contribution in [0.4, 0.5) is 0 Å². The molecule has 0 amide bonds. The second-order valence-corrected chi connectivity index (χ2v) is 5.47. The molecule has 1 aliphatic rings. The zero-order valence-electron chi connectivity index (χ0n) is 11.6. The molecule has 0 radical (unpaired) electrons. The Hall–Kier alpha value is -2.32. The number of hydrogen-bond donors (Lipinski definition) is 1. The number of benzene rings is 3. The van der Waals surface area contributed by atoms with Crippen molar-refractivity contribution in [2.75, 3.05) is 6.61 Å². The monoisotopic (exact) mass is 276 g/mol. The van der Waals surface area contributed by atoms with Crippen LogP contribution in [0.15, 0.2) is 66.7 Å². The van der Waals surface area contributed by atoms with Crippen LogP contribution < -0.4 is 4.74 Å². The van der Waals surface area contributed by atoms with Crippen LogP contribution in [0.1, 0.15) is 23.1 Å². The standard InChI is InChI=1S/C19H16O2/c20-19(17-12-21-18-11-4-3-9-15(17)18)16-10-5-7-13-6-1-2-8-14(13)16/h1-11,17,19-20H,12H2. The Labute approximate surface area is 123 Å². The van der Waals surface area contributed by atoms with E-state index in [9.17, 15) is 5.11 Å². The average Bonchev–Trinajstić information content (AvgIpc) is 2.98. The summed E-state index contributed by atoms with van der Waals surface area (Å²) in [5.74, 6) is 0.883. The minimum absolute atomic E-state index is 0.00740. The fraction of sp³-hybridized carbons (Fsp3) is 0.158. The molecule has 2 heteroatoms. The first-order chi connectivity index (χ1) is 10.3. The van der Waals surface area contributed by atoms with Crippen LogP contribution >= 0.6 is 0 Å². The molecule has 1 heterocycles. The van der Waals surface area contributed by atoms with E-state index in [4.69, 9.17) is 4.74 Å². The molecule has 2 atom stereocenters. The highest BCUT2D eigenvalue weighted by atomic mass is 16.5. The topological polar surface area (TPSA) is 29.5 Å². The summed E-state index contributed by atoms with van der Waals surface area (Å²) in [6.45, 7) is 0.531. The molecule has 1 N–H and O–H groups in total. The number of aliphatic hydroxyl groups excluding tert-OH is 1. The number of rotatable bonds is 2. The fourth-order valence-corrected chi connectivity index (χ4v) is 3.17. The van der Waals surface area contributed by atoms with Crippen LogP contribution in [0.2, 0.25) is 0 Å². The lowest BCUT2D eigenvalue weighted by Gasteiger charge is -2.19. The minimum atomic E-state index is -0.556. The van der Waals surface area contributed by atoms with Crippen molar-refractivity contribution in [3.8, 4) is 5.75 Å². The van der Waals surface area contributed by atoms with Crippen LogP contribution in [-0.2, 0) is 0 Å². The van der Waals surface area contributed by atoms with Crippen molar-refractivity contribution in [2.24, 2.45) is 0 Å². The molecule has 104 valence electrons. The second kappa shape index (κ2) is 4.90. The zero-order valence-corrected chi connectivity index (χ0v) is 11.6. The largest absolute Gasteiger partial charge is 0.493 e. The van der Waals surface area contributed by atoms with Gasteiger partial charge >= 0.3 is 0 Å². The third-order valence-electron chi connectivity index (χ3n) is 4.26. The van der Waals surface area contributed by atoms with Crippen LogP contribution in [0.5, 0.6) is 5.75 Å². The molecule has 0 spiro atoms. The first-order valence-corrected chi connectivity index (χ1v) is 7.22. The van der Waals surface area contributed by atoms with E-state index in [1.807, 2.05) is 48.5 Å². The highest BCUT2D eigenvalue weighted by molar-refractivity contribution is 5.86. The summed E-state index contributed by atoms with van der Waals surface area (Å²) < 4.78 is 5.71. The van der Waals surface area contributed by atoms with E-state index in [1.165, 1.54) is 0 Å². The van der Waals surface area contributed by atoms with Gasteiger partial charge in [-0.25, -0.2) is 0 Å². The van der Waals surface area contributed by atoms with E-state index < -0.39 is 6.10 Å². The molecule has 0 saturated heterocycles. The molecule has 4 rings (SSSR count). The highest BCUT2D eigenvalue weighted by Crippen LogP contribution is 2.42. The Balaban J connectivity index is 1.80. The van der Waals surface area contributed by atoms with Crippen molar-refractivity contribution >= 4 is 10.8 Å². The zero-order chi connectivity index (χ0) is 14.2. The molecule has 3 aromatic rings. The molecular weight excluding hydrogens is 260 g/mol. The van der Waals surface area contributed by atoms with Crippen LogP contribution in [0.3, 0.4) is 0 Å². The Bertz CT molecular complexity index is 789. The Morgan fingerprint density at radius 3 is 2.62 bits per heavy atom. The van der Waals surface area contributed by atoms with Crippen LogP contribution in [0.25, 0.3) is 10.8 Å². The van der Waals surface area contributed by atoms with E-state index in [2.05, 4.69) is 18.2 Å². The lowest BCUT2D eigenvalue weighted by atomic mass is 9.88. The van der Waals surface area contributed by atoms with Crippen LogP contribution in [0, 0.1) is 0 Å². The molecule has 0 saturated carbocycles. The molecule has 0 aromatic heterocycles. The van der Waals surface area contributed by atoms with E-state index in [0.717, 1.165) is 27.6 Å². The molecule has 2 nitrogen and oxygen atoms in total. The van der Waals surface area contributed by atoms with E-state index in [1.54, 1.807) is 0 Å². The maximum Gasteiger partial charge on any atom is 0.123 e. The van der Waals surface area contributed by atoms with Crippen molar-refractivity contribution in [2.45, 2.75) is 12.0 Å². The number of fused-ring (bicyclic) bond motifs is 2. The van der Waals surface area contributed by atoms with Crippen LogP contribution in [-0.4, -0.2) is 11.7 Å². The molecule has 21 heavy (non-hydrogen) atoms. The van der Waals surface area contributed by atoms with Gasteiger partial charge in [-0.15, -0.1) is 0 Å². The van der Waals surface area contributed by atoms with Gasteiger partial charge < -0.3 is 9.84 Å². The van der Waals surface area contributed by atoms with Crippen molar-refractivity contribution in [1.82, 2.24) is 0 Å². The summed E-state index contributed by atoms with van der Waals surface area (Å²) in [4.78, 5) is 0. The van der Waals surface area contributed by atoms with E-state index >= 15 is 0 Å². The van der Waals surface area contributed by atoms with Crippen molar-refractivity contribution in [1.29, 1.82) is 0 Å². The van der Waals surface area contributed by atoms with Gasteiger partial charge in [0.2, 0.25) is 0 Å². The fourth-order valence-electron chi connectivity index (χ4n) is 3.17.